The predicted octanol–water partition coefficient (Wildman–Crippen LogP) is 3.22. The van der Waals surface area contributed by atoms with Crippen molar-refractivity contribution in [2.45, 2.75) is 102 Å². The molecule has 4 aliphatic rings. The maximum atomic E-state index is 14.3. The molecule has 2 aromatic rings. The minimum absolute atomic E-state index is 0.0445. The van der Waals surface area contributed by atoms with Crippen LogP contribution in [-0.4, -0.2) is 86.5 Å². The fourth-order valence-electron chi connectivity index (χ4n) is 7.63. The monoisotopic (exact) mass is 567 g/mol. The largest absolute Gasteiger partial charge is 0.505 e. The molecular weight excluding hydrogens is 521 g/mol. The van der Waals surface area contributed by atoms with Crippen molar-refractivity contribution < 1.29 is 14.3 Å². The lowest BCUT2D eigenvalue weighted by atomic mass is 9.73. The quantitative estimate of drug-likeness (QED) is 0.426. The summed E-state index contributed by atoms with van der Waals surface area (Å²) >= 11 is 0. The SMILES string of the molecule is CCc1cc(O)c(F)cc1C1CCC2C(C1)NNC2c1nc2c([nH]1)CN(C(C)C)C(C(=O)N1CC(C)(N(C)C)C1)C2. The van der Waals surface area contributed by atoms with Crippen molar-refractivity contribution in [1.29, 1.82) is 0 Å². The second-order valence-electron chi connectivity index (χ2n) is 13.5. The fraction of sp³-hybridized carbons (Fsp3) is 0.677. The van der Waals surface area contributed by atoms with Crippen LogP contribution in [0.25, 0.3) is 0 Å². The first-order chi connectivity index (χ1) is 19.5. The van der Waals surface area contributed by atoms with Crippen molar-refractivity contribution in [2.75, 3.05) is 27.2 Å². The summed E-state index contributed by atoms with van der Waals surface area (Å²) in [5.74, 6) is 0.974. The lowest BCUT2D eigenvalue weighted by Gasteiger charge is -2.53. The number of hydrazine groups is 1. The van der Waals surface area contributed by atoms with Gasteiger partial charge >= 0.3 is 0 Å². The normalized spacial score (nSPS) is 29.5. The zero-order chi connectivity index (χ0) is 29.2. The molecule has 5 unspecified atom stereocenters. The molecule has 1 aromatic heterocycles. The summed E-state index contributed by atoms with van der Waals surface area (Å²) in [6, 6.07) is 3.50. The summed E-state index contributed by atoms with van der Waals surface area (Å²) in [4.78, 5) is 28.9. The van der Waals surface area contributed by atoms with Crippen LogP contribution in [-0.2, 0) is 24.2 Å². The Morgan fingerprint density at radius 3 is 2.68 bits per heavy atom. The Bertz CT molecular complexity index is 1300. The van der Waals surface area contributed by atoms with Gasteiger partial charge in [0.1, 0.15) is 5.82 Å². The number of carbonyl (C=O) groups excluding carboxylic acids is 1. The standard InChI is InChI=1S/C31H46FN7O2/c1-7-18-11-27(40)22(32)12-21(18)19-8-9-20-23(10-19)35-36-28(20)29-33-24-13-26(39(17(2)3)14-25(24)34-29)30(41)38-15-31(4,16-38)37(5)6/h11-12,17,19-20,23,26,28,35-36,40H,7-10,13-16H2,1-6H3,(H,33,34). The number of carbonyl (C=O) groups is 1. The number of phenols is 1. The molecule has 4 heterocycles. The zero-order valence-electron chi connectivity index (χ0n) is 25.3. The Balaban J connectivity index is 1.16. The number of aromatic hydroxyl groups is 1. The third-order valence-electron chi connectivity index (χ3n) is 10.5. The van der Waals surface area contributed by atoms with Crippen LogP contribution >= 0.6 is 0 Å². The van der Waals surface area contributed by atoms with Crippen LogP contribution in [0.15, 0.2) is 12.1 Å². The van der Waals surface area contributed by atoms with Gasteiger partial charge in [-0.1, -0.05) is 6.92 Å². The van der Waals surface area contributed by atoms with Crippen molar-refractivity contribution in [3.63, 3.8) is 0 Å². The van der Waals surface area contributed by atoms with Crippen molar-refractivity contribution in [3.05, 3.63) is 46.3 Å². The molecule has 1 amide bonds. The van der Waals surface area contributed by atoms with Gasteiger partial charge in [0.2, 0.25) is 5.91 Å². The minimum atomic E-state index is -0.538. The molecule has 224 valence electrons. The second kappa shape index (κ2) is 10.6. The molecule has 3 fully saturated rings. The van der Waals surface area contributed by atoms with Gasteiger partial charge in [-0.2, -0.15) is 0 Å². The van der Waals surface area contributed by atoms with Gasteiger partial charge in [-0.05, 0) is 95.6 Å². The fourth-order valence-corrected chi connectivity index (χ4v) is 7.63. The number of likely N-dealkylation sites (tertiary alicyclic amines) is 1. The minimum Gasteiger partial charge on any atom is -0.505 e. The number of rotatable bonds is 6. The van der Waals surface area contributed by atoms with Gasteiger partial charge in [0.05, 0.1) is 29.0 Å². The first-order valence-corrected chi connectivity index (χ1v) is 15.3. The molecule has 3 aliphatic heterocycles. The predicted molar refractivity (Wildman–Crippen MR) is 156 cm³/mol. The number of amides is 1. The Morgan fingerprint density at radius 2 is 2.00 bits per heavy atom. The summed E-state index contributed by atoms with van der Waals surface area (Å²) in [7, 11) is 4.16. The molecule has 0 radical (unpaired) electrons. The molecule has 1 saturated carbocycles. The van der Waals surface area contributed by atoms with E-state index in [1.165, 1.54) is 0 Å². The number of likely N-dealkylation sites (N-methyl/N-ethyl adjacent to an activating group) is 1. The van der Waals surface area contributed by atoms with E-state index in [1.807, 2.05) is 4.90 Å². The van der Waals surface area contributed by atoms with E-state index in [1.54, 1.807) is 12.1 Å². The molecule has 9 nitrogen and oxygen atoms in total. The first kappa shape index (κ1) is 28.6. The molecule has 10 heteroatoms. The summed E-state index contributed by atoms with van der Waals surface area (Å²) in [5.41, 5.74) is 11.3. The number of hydrogen-bond acceptors (Lipinski definition) is 7. The molecule has 1 aliphatic carbocycles. The first-order valence-electron chi connectivity index (χ1n) is 15.3. The zero-order valence-corrected chi connectivity index (χ0v) is 25.3. The summed E-state index contributed by atoms with van der Waals surface area (Å²) in [6.45, 7) is 10.8. The molecule has 41 heavy (non-hydrogen) atoms. The molecule has 2 saturated heterocycles. The van der Waals surface area contributed by atoms with Crippen LogP contribution in [0.1, 0.15) is 87.3 Å². The maximum absolute atomic E-state index is 14.3. The van der Waals surface area contributed by atoms with E-state index in [2.05, 4.69) is 67.4 Å². The van der Waals surface area contributed by atoms with Gasteiger partial charge in [0.25, 0.3) is 0 Å². The highest BCUT2D eigenvalue weighted by molar-refractivity contribution is 5.83. The molecule has 0 spiro atoms. The average molecular weight is 568 g/mol. The van der Waals surface area contributed by atoms with Crippen LogP contribution in [0.5, 0.6) is 5.75 Å². The van der Waals surface area contributed by atoms with Crippen LogP contribution in [0.4, 0.5) is 4.39 Å². The van der Waals surface area contributed by atoms with Crippen molar-refractivity contribution in [3.8, 4) is 5.75 Å². The number of phenolic OH excluding ortho intramolecular Hbond substituents is 1. The summed E-state index contributed by atoms with van der Waals surface area (Å²) < 4.78 is 14.3. The third kappa shape index (κ3) is 4.96. The number of fused-ring (bicyclic) bond motifs is 2. The van der Waals surface area contributed by atoms with Crippen LogP contribution in [0.3, 0.4) is 0 Å². The second-order valence-corrected chi connectivity index (χ2v) is 13.5. The topological polar surface area (TPSA) is 99.8 Å². The highest BCUT2D eigenvalue weighted by atomic mass is 19.1. The van der Waals surface area contributed by atoms with Gasteiger partial charge in [0, 0.05) is 38.1 Å². The number of aromatic nitrogens is 2. The third-order valence-corrected chi connectivity index (χ3v) is 10.5. The van der Waals surface area contributed by atoms with Gasteiger partial charge in [-0.15, -0.1) is 0 Å². The van der Waals surface area contributed by atoms with Crippen molar-refractivity contribution >= 4 is 5.91 Å². The van der Waals surface area contributed by atoms with Crippen molar-refractivity contribution in [1.82, 2.24) is 35.5 Å². The van der Waals surface area contributed by atoms with Crippen LogP contribution in [0.2, 0.25) is 0 Å². The van der Waals surface area contributed by atoms with Gasteiger partial charge in [0.15, 0.2) is 11.6 Å². The number of aryl methyl sites for hydroxylation is 1. The van der Waals surface area contributed by atoms with E-state index >= 15 is 0 Å². The van der Waals surface area contributed by atoms with E-state index in [-0.39, 0.29) is 47.3 Å². The smallest absolute Gasteiger partial charge is 0.240 e. The molecular formula is C31H46FN7O2. The van der Waals surface area contributed by atoms with Gasteiger partial charge in [-0.3, -0.25) is 15.1 Å². The number of hydrogen-bond donors (Lipinski definition) is 4. The molecule has 0 bridgehead atoms. The highest BCUT2D eigenvalue weighted by Crippen LogP contribution is 2.45. The van der Waals surface area contributed by atoms with E-state index in [9.17, 15) is 14.3 Å². The van der Waals surface area contributed by atoms with Crippen molar-refractivity contribution in [2.24, 2.45) is 5.92 Å². The van der Waals surface area contributed by atoms with Gasteiger partial charge in [-0.25, -0.2) is 14.8 Å². The number of aromatic amines is 1. The lowest BCUT2D eigenvalue weighted by molar-refractivity contribution is -0.150. The number of H-pyrrole nitrogens is 1. The number of nitrogens with zero attached hydrogens (tertiary/aromatic N) is 4. The lowest BCUT2D eigenvalue weighted by Crippen LogP contribution is -2.70. The van der Waals surface area contributed by atoms with Crippen LogP contribution in [0, 0.1) is 11.7 Å². The average Bonchev–Trinajstić information content (AvgIpc) is 3.54. The number of nitrogens with one attached hydrogen (secondary N) is 3. The maximum Gasteiger partial charge on any atom is 0.240 e. The number of halogens is 1. The van der Waals surface area contributed by atoms with Gasteiger partial charge < -0.3 is 19.9 Å². The molecule has 5 atom stereocenters. The molecule has 4 N–H and O–H groups in total. The highest BCUT2D eigenvalue weighted by Gasteiger charge is 2.48. The van der Waals surface area contributed by atoms with E-state index in [4.69, 9.17) is 4.98 Å². The number of benzene rings is 1. The van der Waals surface area contributed by atoms with E-state index in [0.717, 1.165) is 67.1 Å². The van der Waals surface area contributed by atoms with Crippen LogP contribution < -0.4 is 10.9 Å². The molecule has 6 rings (SSSR count). The molecule has 1 aromatic carbocycles. The Morgan fingerprint density at radius 1 is 1.24 bits per heavy atom. The Hall–Kier alpha value is -2.53. The number of imidazole rings is 1. The Labute approximate surface area is 242 Å². The van der Waals surface area contributed by atoms with E-state index in [0.29, 0.717) is 18.9 Å². The summed E-state index contributed by atoms with van der Waals surface area (Å²) in [5, 5.41) is 9.88. The van der Waals surface area contributed by atoms with E-state index < -0.39 is 5.82 Å². The summed E-state index contributed by atoms with van der Waals surface area (Å²) in [6.07, 6.45) is 4.27. The Kier molecular flexibility index (Phi) is 7.41.